The largest absolute Gasteiger partial charge is 0.381 e. The van der Waals surface area contributed by atoms with Crippen LogP contribution in [0.15, 0.2) is 29.3 Å². The minimum Gasteiger partial charge on any atom is -0.381 e. The minimum absolute atomic E-state index is 0.147. The van der Waals surface area contributed by atoms with Gasteiger partial charge in [-0.15, -0.1) is 0 Å². The Labute approximate surface area is 145 Å². The molecule has 1 aliphatic heterocycles. The molecule has 1 atom stereocenters. The Morgan fingerprint density at radius 2 is 2.08 bits per heavy atom. The molecule has 0 aliphatic carbocycles. The van der Waals surface area contributed by atoms with Crippen LogP contribution in [0.4, 0.5) is 4.39 Å². The summed E-state index contributed by atoms with van der Waals surface area (Å²) in [5, 5.41) is 3.36. The molecule has 1 N–H and O–H groups in total. The van der Waals surface area contributed by atoms with E-state index in [1.807, 2.05) is 12.1 Å². The summed E-state index contributed by atoms with van der Waals surface area (Å²) in [5.74, 6) is 1.29. The Morgan fingerprint density at radius 1 is 1.38 bits per heavy atom. The summed E-state index contributed by atoms with van der Waals surface area (Å²) in [7, 11) is 2.07. The van der Waals surface area contributed by atoms with Gasteiger partial charge in [-0.25, -0.2) is 4.39 Å². The van der Waals surface area contributed by atoms with Gasteiger partial charge >= 0.3 is 0 Å². The van der Waals surface area contributed by atoms with Crippen molar-refractivity contribution in [3.8, 4) is 0 Å². The van der Waals surface area contributed by atoms with Crippen molar-refractivity contribution in [1.29, 1.82) is 0 Å². The number of benzene rings is 1. The molecule has 1 aliphatic rings. The van der Waals surface area contributed by atoms with Gasteiger partial charge in [0.05, 0.1) is 13.2 Å². The van der Waals surface area contributed by atoms with Crippen LogP contribution in [-0.2, 0) is 10.2 Å². The molecule has 1 fully saturated rings. The molecule has 1 saturated heterocycles. The van der Waals surface area contributed by atoms with E-state index < -0.39 is 0 Å². The molecule has 1 aromatic carbocycles. The molecule has 2 rings (SSSR count). The van der Waals surface area contributed by atoms with E-state index in [1.165, 1.54) is 12.1 Å². The fourth-order valence-corrected chi connectivity index (χ4v) is 2.94. The van der Waals surface area contributed by atoms with Gasteiger partial charge in [0.15, 0.2) is 5.96 Å². The van der Waals surface area contributed by atoms with Crippen LogP contribution in [-0.4, -0.2) is 50.8 Å². The fourth-order valence-electron chi connectivity index (χ4n) is 2.94. The standard InChI is InChI=1S/C19H30FN3O/c1-5-21-18(23(4)12-15-10-11-24-13-15)22-14-19(2,3)16-6-8-17(20)9-7-16/h6-9,15H,5,10-14H2,1-4H3,(H,21,22). The maximum atomic E-state index is 13.1. The molecule has 0 bridgehead atoms. The quantitative estimate of drug-likeness (QED) is 0.641. The van der Waals surface area contributed by atoms with Gasteiger partial charge in [0.25, 0.3) is 0 Å². The summed E-state index contributed by atoms with van der Waals surface area (Å²) in [6.07, 6.45) is 1.12. The molecular formula is C19H30FN3O. The zero-order chi connectivity index (χ0) is 17.6. The van der Waals surface area contributed by atoms with E-state index >= 15 is 0 Å². The lowest BCUT2D eigenvalue weighted by Crippen LogP contribution is -2.42. The van der Waals surface area contributed by atoms with E-state index in [1.54, 1.807) is 0 Å². The first-order valence-electron chi connectivity index (χ1n) is 8.75. The zero-order valence-electron chi connectivity index (χ0n) is 15.3. The number of hydrogen-bond acceptors (Lipinski definition) is 2. The van der Waals surface area contributed by atoms with Crippen molar-refractivity contribution >= 4 is 5.96 Å². The van der Waals surface area contributed by atoms with Crippen molar-refractivity contribution < 1.29 is 9.13 Å². The lowest BCUT2D eigenvalue weighted by Gasteiger charge is -2.27. The molecule has 1 heterocycles. The first-order chi connectivity index (χ1) is 11.4. The topological polar surface area (TPSA) is 36.9 Å². The van der Waals surface area contributed by atoms with Crippen LogP contribution in [0.3, 0.4) is 0 Å². The molecule has 0 amide bonds. The Morgan fingerprint density at radius 3 is 2.67 bits per heavy atom. The number of guanidine groups is 1. The number of ether oxygens (including phenoxy) is 1. The number of halogens is 1. The Bertz CT molecular complexity index is 536. The fraction of sp³-hybridized carbons (Fsp3) is 0.632. The molecule has 1 unspecified atom stereocenters. The van der Waals surface area contributed by atoms with Gasteiger partial charge in [0.1, 0.15) is 5.82 Å². The van der Waals surface area contributed by atoms with E-state index in [2.05, 4.69) is 38.0 Å². The van der Waals surface area contributed by atoms with Gasteiger partial charge < -0.3 is 15.0 Å². The van der Waals surface area contributed by atoms with Crippen molar-refractivity contribution in [1.82, 2.24) is 10.2 Å². The van der Waals surface area contributed by atoms with Gasteiger partial charge in [-0.2, -0.15) is 0 Å². The van der Waals surface area contributed by atoms with Crippen LogP contribution in [0.5, 0.6) is 0 Å². The van der Waals surface area contributed by atoms with Gasteiger partial charge in [-0.3, -0.25) is 4.99 Å². The van der Waals surface area contributed by atoms with E-state index in [0.717, 1.165) is 44.2 Å². The third kappa shape index (κ3) is 5.20. The van der Waals surface area contributed by atoms with Crippen molar-refractivity contribution in [2.75, 3.05) is 39.9 Å². The molecule has 1 aromatic rings. The lowest BCUT2D eigenvalue weighted by atomic mass is 9.85. The van der Waals surface area contributed by atoms with Crippen LogP contribution in [0.25, 0.3) is 0 Å². The molecule has 5 heteroatoms. The molecule has 134 valence electrons. The molecule has 0 aromatic heterocycles. The molecule has 0 spiro atoms. The average molecular weight is 335 g/mol. The predicted octanol–water partition coefficient (Wildman–Crippen LogP) is 3.04. The number of nitrogens with zero attached hydrogens (tertiary/aromatic N) is 2. The van der Waals surface area contributed by atoms with Gasteiger partial charge in [0, 0.05) is 38.1 Å². The van der Waals surface area contributed by atoms with Gasteiger partial charge in [0.2, 0.25) is 0 Å². The number of aliphatic imine (C=N–C) groups is 1. The Kier molecular flexibility index (Phi) is 6.60. The van der Waals surface area contributed by atoms with Crippen molar-refractivity contribution in [2.24, 2.45) is 10.9 Å². The minimum atomic E-state index is -0.204. The first-order valence-corrected chi connectivity index (χ1v) is 8.75. The normalized spacial score (nSPS) is 18.7. The smallest absolute Gasteiger partial charge is 0.193 e. The second-order valence-corrected chi connectivity index (χ2v) is 7.17. The van der Waals surface area contributed by atoms with Crippen LogP contribution in [0, 0.1) is 11.7 Å². The predicted molar refractivity (Wildman–Crippen MR) is 97.0 cm³/mol. The number of nitrogens with one attached hydrogen (secondary N) is 1. The summed E-state index contributed by atoms with van der Waals surface area (Å²) in [5.41, 5.74) is 0.946. The van der Waals surface area contributed by atoms with Crippen LogP contribution in [0.1, 0.15) is 32.8 Å². The molecular weight excluding hydrogens is 305 g/mol. The van der Waals surface area contributed by atoms with E-state index in [9.17, 15) is 4.39 Å². The van der Waals surface area contributed by atoms with Crippen LogP contribution < -0.4 is 5.32 Å². The van der Waals surface area contributed by atoms with Gasteiger partial charge in [-0.1, -0.05) is 26.0 Å². The molecule has 0 radical (unpaired) electrons. The van der Waals surface area contributed by atoms with Crippen molar-refractivity contribution in [3.63, 3.8) is 0 Å². The van der Waals surface area contributed by atoms with Crippen molar-refractivity contribution in [3.05, 3.63) is 35.6 Å². The average Bonchev–Trinajstić information content (AvgIpc) is 3.04. The van der Waals surface area contributed by atoms with Gasteiger partial charge in [-0.05, 0) is 31.0 Å². The first kappa shape index (κ1) is 18.7. The highest BCUT2D eigenvalue weighted by atomic mass is 19.1. The summed E-state index contributed by atoms with van der Waals surface area (Å²) in [6, 6.07) is 6.71. The van der Waals surface area contributed by atoms with E-state index in [4.69, 9.17) is 9.73 Å². The van der Waals surface area contributed by atoms with E-state index in [-0.39, 0.29) is 11.2 Å². The van der Waals surface area contributed by atoms with E-state index in [0.29, 0.717) is 12.5 Å². The summed E-state index contributed by atoms with van der Waals surface area (Å²) in [6.45, 7) is 10.5. The summed E-state index contributed by atoms with van der Waals surface area (Å²) >= 11 is 0. The number of rotatable bonds is 6. The second kappa shape index (κ2) is 8.47. The molecule has 24 heavy (non-hydrogen) atoms. The maximum Gasteiger partial charge on any atom is 0.193 e. The summed E-state index contributed by atoms with van der Waals surface area (Å²) < 4.78 is 18.6. The SMILES string of the molecule is CCNC(=NCC(C)(C)c1ccc(F)cc1)N(C)CC1CCOC1. The highest BCUT2D eigenvalue weighted by Gasteiger charge is 2.22. The number of hydrogen-bond donors (Lipinski definition) is 1. The third-order valence-electron chi connectivity index (χ3n) is 4.50. The Balaban J connectivity index is 2.04. The maximum absolute atomic E-state index is 13.1. The highest BCUT2D eigenvalue weighted by Crippen LogP contribution is 2.24. The summed E-state index contributed by atoms with van der Waals surface area (Å²) in [4.78, 5) is 7.01. The van der Waals surface area contributed by atoms with Crippen LogP contribution >= 0.6 is 0 Å². The third-order valence-corrected chi connectivity index (χ3v) is 4.50. The second-order valence-electron chi connectivity index (χ2n) is 7.17. The zero-order valence-corrected chi connectivity index (χ0v) is 15.3. The Hall–Kier alpha value is -1.62. The lowest BCUT2D eigenvalue weighted by molar-refractivity contribution is 0.181. The molecule has 0 saturated carbocycles. The highest BCUT2D eigenvalue weighted by molar-refractivity contribution is 5.79. The van der Waals surface area contributed by atoms with Crippen molar-refractivity contribution in [2.45, 2.75) is 32.6 Å². The molecule has 4 nitrogen and oxygen atoms in total. The monoisotopic (exact) mass is 335 g/mol. The van der Waals surface area contributed by atoms with Crippen LogP contribution in [0.2, 0.25) is 0 Å².